The number of sulfone groups is 1. The molecule has 118 valence electrons. The van der Waals surface area contributed by atoms with Gasteiger partial charge in [0.15, 0.2) is 9.84 Å². The molecule has 1 saturated carbocycles. The molecule has 21 heavy (non-hydrogen) atoms. The van der Waals surface area contributed by atoms with Crippen LogP contribution in [0.1, 0.15) is 25.0 Å². The predicted molar refractivity (Wildman–Crippen MR) is 84.8 cm³/mol. The lowest BCUT2D eigenvalue weighted by molar-refractivity contribution is 0.135. The van der Waals surface area contributed by atoms with E-state index in [4.69, 9.17) is 5.73 Å². The highest BCUT2D eigenvalue weighted by atomic mass is 32.2. The van der Waals surface area contributed by atoms with Crippen LogP contribution in [-0.4, -0.2) is 55.5 Å². The van der Waals surface area contributed by atoms with Crippen LogP contribution in [-0.2, 0) is 16.3 Å². The molecule has 0 spiro atoms. The van der Waals surface area contributed by atoms with E-state index in [9.17, 15) is 8.42 Å². The summed E-state index contributed by atoms with van der Waals surface area (Å²) in [6.07, 6.45) is 6.39. The zero-order chi connectivity index (χ0) is 15.5. The minimum atomic E-state index is -3.09. The lowest BCUT2D eigenvalue weighted by atomic mass is 9.95. The van der Waals surface area contributed by atoms with Gasteiger partial charge < -0.3 is 5.73 Å². The molecule has 0 bridgehead atoms. The Morgan fingerprint density at radius 3 is 2.81 bits per heavy atom. The van der Waals surface area contributed by atoms with E-state index in [0.29, 0.717) is 13.0 Å². The molecular weight excluding hydrogens is 286 g/mol. The van der Waals surface area contributed by atoms with Gasteiger partial charge in [0.2, 0.25) is 0 Å². The molecule has 2 N–H and O–H groups in total. The van der Waals surface area contributed by atoms with Crippen molar-refractivity contribution in [2.75, 3.05) is 26.4 Å². The molecule has 0 saturated heterocycles. The highest BCUT2D eigenvalue weighted by Crippen LogP contribution is 2.38. The summed E-state index contributed by atoms with van der Waals surface area (Å²) in [5.74, 6) is 0. The Labute approximate surface area is 127 Å². The van der Waals surface area contributed by atoms with Crippen molar-refractivity contribution in [2.45, 2.75) is 36.5 Å². The molecule has 0 aromatic carbocycles. The van der Waals surface area contributed by atoms with Gasteiger partial charge in [-0.1, -0.05) is 12.5 Å². The van der Waals surface area contributed by atoms with Crippen LogP contribution in [0, 0.1) is 0 Å². The average Bonchev–Trinajstić information content (AvgIpc) is 2.91. The van der Waals surface area contributed by atoms with Crippen molar-refractivity contribution in [3.63, 3.8) is 0 Å². The maximum Gasteiger partial charge on any atom is 0.152 e. The van der Waals surface area contributed by atoms with Gasteiger partial charge in [-0.2, -0.15) is 0 Å². The quantitative estimate of drug-likeness (QED) is 0.843. The normalized spacial score (nSPS) is 26.4. The molecule has 1 aliphatic carbocycles. The fraction of sp³-hybridized carbons (Fsp3) is 0.667. The fourth-order valence-electron chi connectivity index (χ4n) is 3.51. The number of nitrogens with two attached hydrogens (primary N) is 1. The van der Waals surface area contributed by atoms with Crippen molar-refractivity contribution in [1.29, 1.82) is 0 Å². The molecule has 1 fully saturated rings. The molecule has 1 aliphatic rings. The Morgan fingerprint density at radius 1 is 1.48 bits per heavy atom. The highest BCUT2D eigenvalue weighted by molar-refractivity contribution is 7.91. The number of likely N-dealkylation sites (N-methyl/N-ethyl adjacent to an activating group) is 1. The number of aromatic nitrogens is 1. The number of nitrogens with zero attached hydrogens (tertiary/aromatic N) is 2. The largest absolute Gasteiger partial charge is 0.329 e. The number of hydrogen-bond donors (Lipinski definition) is 1. The van der Waals surface area contributed by atoms with Gasteiger partial charge in [-0.25, -0.2) is 8.42 Å². The highest BCUT2D eigenvalue weighted by Gasteiger charge is 2.49. The van der Waals surface area contributed by atoms with Crippen LogP contribution in [0.5, 0.6) is 0 Å². The number of pyridine rings is 1. The van der Waals surface area contributed by atoms with Gasteiger partial charge in [-0.05, 0) is 32.0 Å². The topological polar surface area (TPSA) is 76.3 Å². The van der Waals surface area contributed by atoms with Crippen LogP contribution < -0.4 is 5.73 Å². The first-order chi connectivity index (χ1) is 9.90. The van der Waals surface area contributed by atoms with Crippen molar-refractivity contribution in [3.05, 3.63) is 30.1 Å². The Balaban J connectivity index is 2.12. The van der Waals surface area contributed by atoms with Crippen molar-refractivity contribution >= 4 is 9.84 Å². The molecular formula is C15H25N3O2S. The van der Waals surface area contributed by atoms with Crippen LogP contribution in [0.2, 0.25) is 0 Å². The summed E-state index contributed by atoms with van der Waals surface area (Å²) in [6.45, 7) is 1.14. The lowest BCUT2D eigenvalue weighted by Gasteiger charge is -2.42. The van der Waals surface area contributed by atoms with Crippen molar-refractivity contribution in [3.8, 4) is 0 Å². The molecule has 2 rings (SSSR count). The van der Waals surface area contributed by atoms with Gasteiger partial charge >= 0.3 is 0 Å². The van der Waals surface area contributed by atoms with E-state index < -0.39 is 15.4 Å². The van der Waals surface area contributed by atoms with E-state index in [1.165, 1.54) is 6.26 Å². The number of rotatable bonds is 6. The van der Waals surface area contributed by atoms with Crippen LogP contribution in [0.3, 0.4) is 0 Å². The monoisotopic (exact) mass is 311 g/mol. The summed E-state index contributed by atoms with van der Waals surface area (Å²) in [5.41, 5.74) is 6.59. The Kier molecular flexibility index (Phi) is 5.01. The Morgan fingerprint density at radius 2 is 2.24 bits per heavy atom. The summed E-state index contributed by atoms with van der Waals surface area (Å²) in [6, 6.07) is 5.85. The summed E-state index contributed by atoms with van der Waals surface area (Å²) >= 11 is 0. The van der Waals surface area contributed by atoms with E-state index in [1.54, 1.807) is 6.20 Å². The van der Waals surface area contributed by atoms with E-state index in [2.05, 4.69) is 9.88 Å². The molecule has 0 amide bonds. The second-order valence-electron chi connectivity index (χ2n) is 6.01. The van der Waals surface area contributed by atoms with Gasteiger partial charge in [0.05, 0.1) is 5.25 Å². The third kappa shape index (κ3) is 3.44. The van der Waals surface area contributed by atoms with Crippen molar-refractivity contribution in [2.24, 2.45) is 5.73 Å². The molecule has 1 aromatic rings. The van der Waals surface area contributed by atoms with E-state index in [-0.39, 0.29) is 5.25 Å². The minimum Gasteiger partial charge on any atom is -0.329 e. The Bertz CT molecular complexity index is 562. The zero-order valence-corrected chi connectivity index (χ0v) is 13.6. The minimum absolute atomic E-state index is 0.358. The fourth-order valence-corrected chi connectivity index (χ4v) is 5.30. The molecule has 2 atom stereocenters. The summed E-state index contributed by atoms with van der Waals surface area (Å²) in [4.78, 5) is 6.46. The first-order valence-corrected chi connectivity index (χ1v) is 9.36. The Hall–Kier alpha value is -0.980. The van der Waals surface area contributed by atoms with Crippen molar-refractivity contribution in [1.82, 2.24) is 9.88 Å². The second kappa shape index (κ2) is 6.42. The van der Waals surface area contributed by atoms with Crippen LogP contribution in [0.4, 0.5) is 0 Å². The third-order valence-electron chi connectivity index (χ3n) is 4.74. The van der Waals surface area contributed by atoms with Gasteiger partial charge in [-0.15, -0.1) is 0 Å². The van der Waals surface area contributed by atoms with Crippen LogP contribution in [0.15, 0.2) is 24.4 Å². The molecule has 1 aromatic heterocycles. The van der Waals surface area contributed by atoms with Crippen LogP contribution in [0.25, 0.3) is 0 Å². The average molecular weight is 311 g/mol. The van der Waals surface area contributed by atoms with E-state index in [1.807, 2.05) is 25.2 Å². The molecule has 1 heterocycles. The smallest absolute Gasteiger partial charge is 0.152 e. The summed E-state index contributed by atoms with van der Waals surface area (Å²) in [5, 5.41) is -0.358. The standard InChI is InChI=1S/C15H25N3O2S/c1-18(11-8-13-6-3-4-10-17-13)15(12-16)9-5-7-14(15)21(2,19)20/h3-4,6,10,14H,5,7-9,11-12,16H2,1-2H3. The van der Waals surface area contributed by atoms with E-state index in [0.717, 1.165) is 31.5 Å². The maximum absolute atomic E-state index is 12.1. The number of hydrogen-bond acceptors (Lipinski definition) is 5. The maximum atomic E-state index is 12.1. The molecule has 6 heteroatoms. The van der Waals surface area contributed by atoms with E-state index >= 15 is 0 Å². The van der Waals surface area contributed by atoms with Gasteiger partial charge in [-0.3, -0.25) is 9.88 Å². The molecule has 2 unspecified atom stereocenters. The van der Waals surface area contributed by atoms with Gasteiger partial charge in [0, 0.05) is 43.2 Å². The first kappa shape index (κ1) is 16.4. The van der Waals surface area contributed by atoms with Crippen molar-refractivity contribution < 1.29 is 8.42 Å². The molecule has 5 nitrogen and oxygen atoms in total. The first-order valence-electron chi connectivity index (χ1n) is 7.40. The lowest BCUT2D eigenvalue weighted by Crippen LogP contribution is -2.59. The predicted octanol–water partition coefficient (Wildman–Crippen LogP) is 0.851. The summed E-state index contributed by atoms with van der Waals surface area (Å²) in [7, 11) is -1.10. The van der Waals surface area contributed by atoms with Gasteiger partial charge in [0.25, 0.3) is 0 Å². The second-order valence-corrected chi connectivity index (χ2v) is 8.24. The molecule has 0 aliphatic heterocycles. The summed E-state index contributed by atoms with van der Waals surface area (Å²) < 4.78 is 24.2. The third-order valence-corrected chi connectivity index (χ3v) is 6.44. The van der Waals surface area contributed by atoms with Crippen LogP contribution >= 0.6 is 0 Å². The zero-order valence-electron chi connectivity index (χ0n) is 12.8. The molecule has 0 radical (unpaired) electrons. The van der Waals surface area contributed by atoms with Gasteiger partial charge in [0.1, 0.15) is 0 Å². The SMILES string of the molecule is CN(CCc1ccccn1)C1(CN)CCCC1S(C)(=O)=O.